The molecule has 1 rings (SSSR count). The van der Waals surface area contributed by atoms with Crippen molar-refractivity contribution in [1.82, 2.24) is 15.1 Å². The highest BCUT2D eigenvalue weighted by Crippen LogP contribution is 2.19. The Bertz CT molecular complexity index is 232. The lowest BCUT2D eigenvalue weighted by molar-refractivity contribution is 0.0805. The van der Waals surface area contributed by atoms with E-state index in [-0.39, 0.29) is 0 Å². The fraction of sp³-hybridized carbons (Fsp3) is 1.00. The molecule has 0 radical (unpaired) electrons. The van der Waals surface area contributed by atoms with Gasteiger partial charge in [-0.1, -0.05) is 33.6 Å². The van der Waals surface area contributed by atoms with Crippen molar-refractivity contribution in [3.63, 3.8) is 0 Å². The lowest BCUT2D eigenvalue weighted by atomic mass is 9.91. The van der Waals surface area contributed by atoms with Crippen molar-refractivity contribution < 1.29 is 0 Å². The molecule has 1 N–H and O–H groups in total. The predicted octanol–water partition coefficient (Wildman–Crippen LogP) is 2.43. The average molecular weight is 269 g/mol. The van der Waals surface area contributed by atoms with Gasteiger partial charge in [0, 0.05) is 31.7 Å². The number of nitrogens with one attached hydrogen (secondary N) is 1. The van der Waals surface area contributed by atoms with Crippen LogP contribution in [-0.4, -0.2) is 62.2 Å². The van der Waals surface area contributed by atoms with Gasteiger partial charge in [-0.3, -0.25) is 4.90 Å². The maximum absolute atomic E-state index is 3.81. The topological polar surface area (TPSA) is 18.5 Å². The summed E-state index contributed by atoms with van der Waals surface area (Å²) in [6, 6.07) is 1.32. The zero-order chi connectivity index (χ0) is 14.3. The number of piperazine rings is 1. The molecule has 1 fully saturated rings. The second kappa shape index (κ2) is 8.93. The minimum absolute atomic E-state index is 0.647. The van der Waals surface area contributed by atoms with Crippen LogP contribution in [0.15, 0.2) is 0 Å². The molecule has 1 heterocycles. The van der Waals surface area contributed by atoms with Gasteiger partial charge in [0.25, 0.3) is 0 Å². The minimum atomic E-state index is 0.647. The standard InChI is InChI=1S/C16H35N3/c1-6-8-14(3)12-15(17-9-7-2)16-13-18(4)10-11-19(16)5/h14-17H,6-13H2,1-5H3. The third kappa shape index (κ3) is 5.80. The maximum atomic E-state index is 3.81. The average Bonchev–Trinajstić information content (AvgIpc) is 2.38. The summed E-state index contributed by atoms with van der Waals surface area (Å²) in [6.07, 6.45) is 5.21. The van der Waals surface area contributed by atoms with Crippen LogP contribution in [0.5, 0.6) is 0 Å². The van der Waals surface area contributed by atoms with Crippen LogP contribution in [0.25, 0.3) is 0 Å². The lowest BCUT2D eigenvalue weighted by Gasteiger charge is -2.43. The molecule has 3 atom stereocenters. The molecule has 0 aromatic rings. The Morgan fingerprint density at radius 3 is 2.53 bits per heavy atom. The van der Waals surface area contributed by atoms with Crippen LogP contribution < -0.4 is 5.32 Å². The first-order valence-electron chi connectivity index (χ1n) is 8.20. The largest absolute Gasteiger partial charge is 0.312 e. The fourth-order valence-corrected chi connectivity index (χ4v) is 3.23. The van der Waals surface area contributed by atoms with Gasteiger partial charge in [0.05, 0.1) is 0 Å². The summed E-state index contributed by atoms with van der Waals surface area (Å²) in [6.45, 7) is 11.7. The molecule has 1 aliphatic rings. The monoisotopic (exact) mass is 269 g/mol. The Kier molecular flexibility index (Phi) is 7.96. The molecule has 0 spiro atoms. The Morgan fingerprint density at radius 2 is 1.89 bits per heavy atom. The van der Waals surface area contributed by atoms with Gasteiger partial charge in [-0.15, -0.1) is 0 Å². The van der Waals surface area contributed by atoms with E-state index in [1.54, 1.807) is 0 Å². The van der Waals surface area contributed by atoms with E-state index < -0.39 is 0 Å². The lowest BCUT2D eigenvalue weighted by Crippen LogP contribution is -2.59. The SMILES string of the molecule is CCCNC(CC(C)CCC)C1CN(C)CCN1C. The Morgan fingerprint density at radius 1 is 1.16 bits per heavy atom. The normalized spacial score (nSPS) is 25.4. The molecule has 3 heteroatoms. The molecule has 3 nitrogen and oxygen atoms in total. The van der Waals surface area contributed by atoms with Gasteiger partial charge in [-0.25, -0.2) is 0 Å². The molecule has 0 aromatic heterocycles. The summed E-state index contributed by atoms with van der Waals surface area (Å²) in [4.78, 5) is 5.04. The van der Waals surface area contributed by atoms with Crippen LogP contribution in [0.2, 0.25) is 0 Å². The molecule has 19 heavy (non-hydrogen) atoms. The molecule has 1 saturated heterocycles. The van der Waals surface area contributed by atoms with E-state index in [4.69, 9.17) is 0 Å². The van der Waals surface area contributed by atoms with Gasteiger partial charge in [0.1, 0.15) is 0 Å². The van der Waals surface area contributed by atoms with Crippen LogP contribution in [0, 0.1) is 5.92 Å². The molecule has 0 aromatic carbocycles. The number of rotatable bonds is 8. The second-order valence-electron chi connectivity index (χ2n) is 6.50. The van der Waals surface area contributed by atoms with Crippen LogP contribution in [0.1, 0.15) is 46.5 Å². The molecule has 0 saturated carbocycles. The molecule has 0 aliphatic carbocycles. The minimum Gasteiger partial charge on any atom is -0.312 e. The van der Waals surface area contributed by atoms with E-state index in [2.05, 4.69) is 50.0 Å². The molecule has 3 unspecified atom stereocenters. The quantitative estimate of drug-likeness (QED) is 0.730. The Labute approximate surface area is 120 Å². The van der Waals surface area contributed by atoms with Gasteiger partial charge in [0.15, 0.2) is 0 Å². The smallest absolute Gasteiger partial charge is 0.0374 e. The van der Waals surface area contributed by atoms with Crippen LogP contribution in [-0.2, 0) is 0 Å². The first kappa shape index (κ1) is 16.9. The highest BCUT2D eigenvalue weighted by molar-refractivity contribution is 4.89. The van der Waals surface area contributed by atoms with Crippen molar-refractivity contribution in [3.8, 4) is 0 Å². The van der Waals surface area contributed by atoms with Crippen molar-refractivity contribution in [3.05, 3.63) is 0 Å². The highest BCUT2D eigenvalue weighted by atomic mass is 15.3. The van der Waals surface area contributed by atoms with Crippen LogP contribution >= 0.6 is 0 Å². The van der Waals surface area contributed by atoms with Crippen molar-refractivity contribution >= 4 is 0 Å². The first-order chi connectivity index (χ1) is 9.08. The van der Waals surface area contributed by atoms with E-state index >= 15 is 0 Å². The molecule has 1 aliphatic heterocycles. The van der Waals surface area contributed by atoms with Gasteiger partial charge < -0.3 is 10.2 Å². The van der Waals surface area contributed by atoms with Crippen LogP contribution in [0.4, 0.5) is 0 Å². The van der Waals surface area contributed by atoms with Gasteiger partial charge in [-0.05, 0) is 39.4 Å². The van der Waals surface area contributed by atoms with E-state index in [1.165, 1.54) is 45.3 Å². The van der Waals surface area contributed by atoms with E-state index in [0.717, 1.165) is 12.5 Å². The Balaban J connectivity index is 2.59. The predicted molar refractivity (Wildman–Crippen MR) is 84.7 cm³/mol. The fourth-order valence-electron chi connectivity index (χ4n) is 3.23. The summed E-state index contributed by atoms with van der Waals surface area (Å²) in [5.74, 6) is 0.833. The number of nitrogens with zero attached hydrogens (tertiary/aromatic N) is 2. The van der Waals surface area contributed by atoms with Crippen LogP contribution in [0.3, 0.4) is 0 Å². The summed E-state index contributed by atoms with van der Waals surface area (Å²) in [5, 5.41) is 3.81. The van der Waals surface area contributed by atoms with E-state index in [1.807, 2.05) is 0 Å². The number of likely N-dealkylation sites (N-methyl/N-ethyl adjacent to an activating group) is 2. The summed E-state index contributed by atoms with van der Waals surface area (Å²) in [7, 11) is 4.55. The zero-order valence-corrected chi connectivity index (χ0v) is 13.8. The molecule has 114 valence electrons. The Hall–Kier alpha value is -0.120. The van der Waals surface area contributed by atoms with Gasteiger partial charge >= 0.3 is 0 Å². The van der Waals surface area contributed by atoms with Crippen molar-refractivity contribution in [2.24, 2.45) is 5.92 Å². The molecular formula is C16H35N3. The number of hydrogen-bond donors (Lipinski definition) is 1. The number of hydrogen-bond acceptors (Lipinski definition) is 3. The summed E-state index contributed by atoms with van der Waals surface area (Å²) >= 11 is 0. The van der Waals surface area contributed by atoms with Gasteiger partial charge in [0.2, 0.25) is 0 Å². The van der Waals surface area contributed by atoms with E-state index in [9.17, 15) is 0 Å². The molecule has 0 bridgehead atoms. The second-order valence-corrected chi connectivity index (χ2v) is 6.50. The van der Waals surface area contributed by atoms with Crippen molar-refractivity contribution in [1.29, 1.82) is 0 Å². The third-order valence-electron chi connectivity index (χ3n) is 4.46. The van der Waals surface area contributed by atoms with E-state index in [0.29, 0.717) is 12.1 Å². The molecular weight excluding hydrogens is 234 g/mol. The van der Waals surface area contributed by atoms with Gasteiger partial charge in [-0.2, -0.15) is 0 Å². The summed E-state index contributed by atoms with van der Waals surface area (Å²) in [5.41, 5.74) is 0. The highest BCUT2D eigenvalue weighted by Gasteiger charge is 2.30. The van der Waals surface area contributed by atoms with Crippen molar-refractivity contribution in [2.75, 3.05) is 40.3 Å². The first-order valence-corrected chi connectivity index (χ1v) is 8.20. The van der Waals surface area contributed by atoms with Crippen molar-refractivity contribution in [2.45, 2.75) is 58.5 Å². The zero-order valence-electron chi connectivity index (χ0n) is 13.8. The summed E-state index contributed by atoms with van der Waals surface area (Å²) < 4.78 is 0. The maximum Gasteiger partial charge on any atom is 0.0374 e. The third-order valence-corrected chi connectivity index (χ3v) is 4.46. The molecule has 0 amide bonds.